The minimum atomic E-state index is -0.958. The first-order valence-electron chi connectivity index (χ1n) is 9.56. The number of benzene rings is 1. The van der Waals surface area contributed by atoms with Gasteiger partial charge in [-0.15, -0.1) is 0 Å². The second kappa shape index (κ2) is 7.71. The highest BCUT2D eigenvalue weighted by Gasteiger charge is 2.22. The highest BCUT2D eigenvalue weighted by molar-refractivity contribution is 5.87. The van der Waals surface area contributed by atoms with Crippen molar-refractivity contribution < 1.29 is 9.90 Å². The van der Waals surface area contributed by atoms with E-state index in [2.05, 4.69) is 76.5 Å². The van der Waals surface area contributed by atoms with E-state index < -0.39 is 5.97 Å². The van der Waals surface area contributed by atoms with Gasteiger partial charge in [0, 0.05) is 18.4 Å². The molecule has 0 bridgehead atoms. The summed E-state index contributed by atoms with van der Waals surface area (Å²) in [5.41, 5.74) is 3.95. The van der Waals surface area contributed by atoms with Gasteiger partial charge in [0.15, 0.2) is 0 Å². The van der Waals surface area contributed by atoms with Crippen molar-refractivity contribution >= 4 is 17.5 Å². The van der Waals surface area contributed by atoms with Gasteiger partial charge in [0.2, 0.25) is 0 Å². The second-order valence-corrected chi connectivity index (χ2v) is 9.13. The van der Waals surface area contributed by atoms with Gasteiger partial charge in [-0.25, -0.2) is 9.78 Å². The van der Waals surface area contributed by atoms with Crippen LogP contribution in [0, 0.1) is 0 Å². The molecule has 0 aliphatic rings. The molecule has 0 unspecified atom stereocenters. The first-order chi connectivity index (χ1) is 12.4. The lowest BCUT2D eigenvalue weighted by molar-refractivity contribution is 0.0696. The maximum Gasteiger partial charge on any atom is 0.337 e. The van der Waals surface area contributed by atoms with E-state index in [1.165, 1.54) is 17.3 Å². The van der Waals surface area contributed by atoms with Gasteiger partial charge in [0.05, 0.1) is 5.56 Å². The number of hydrogen-bond acceptors (Lipinski definition) is 3. The number of carbonyl (C=O) groups is 1. The largest absolute Gasteiger partial charge is 0.478 e. The molecule has 1 N–H and O–H groups in total. The van der Waals surface area contributed by atoms with Crippen LogP contribution in [0.1, 0.15) is 76.4 Å². The van der Waals surface area contributed by atoms with E-state index in [4.69, 9.17) is 5.11 Å². The fraction of sp³-hybridized carbons (Fsp3) is 0.478. The van der Waals surface area contributed by atoms with E-state index in [0.29, 0.717) is 0 Å². The zero-order chi connectivity index (χ0) is 20.4. The summed E-state index contributed by atoms with van der Waals surface area (Å²) in [6.45, 7) is 16.3. The number of aromatic carboxylic acids is 1. The Hall–Kier alpha value is -2.36. The predicted octanol–water partition coefficient (Wildman–Crippen LogP) is 5.92. The van der Waals surface area contributed by atoms with Crippen molar-refractivity contribution in [2.75, 3.05) is 11.4 Å². The van der Waals surface area contributed by atoms with E-state index in [0.717, 1.165) is 24.5 Å². The van der Waals surface area contributed by atoms with Crippen molar-refractivity contribution in [3.63, 3.8) is 0 Å². The number of rotatable bonds is 5. The Balaban J connectivity index is 2.60. The monoisotopic (exact) mass is 368 g/mol. The third kappa shape index (κ3) is 5.09. The number of pyridine rings is 1. The fourth-order valence-electron chi connectivity index (χ4n) is 2.90. The Morgan fingerprint density at radius 1 is 1.00 bits per heavy atom. The van der Waals surface area contributed by atoms with Gasteiger partial charge in [-0.2, -0.15) is 0 Å². The van der Waals surface area contributed by atoms with Crippen LogP contribution < -0.4 is 4.90 Å². The lowest BCUT2D eigenvalue weighted by atomic mass is 9.80. The van der Waals surface area contributed by atoms with Crippen LogP contribution in [0.15, 0.2) is 36.5 Å². The zero-order valence-electron chi connectivity index (χ0n) is 17.6. The van der Waals surface area contributed by atoms with E-state index in [1.54, 1.807) is 12.1 Å². The minimum Gasteiger partial charge on any atom is -0.478 e. The third-order valence-electron chi connectivity index (χ3n) is 4.68. The zero-order valence-corrected chi connectivity index (χ0v) is 17.6. The van der Waals surface area contributed by atoms with Crippen molar-refractivity contribution in [3.8, 4) is 0 Å². The normalized spacial score (nSPS) is 12.1. The Bertz CT molecular complexity index is 764. The molecule has 0 atom stereocenters. The second-order valence-electron chi connectivity index (χ2n) is 9.13. The minimum absolute atomic E-state index is 0.0362. The number of aromatic nitrogens is 1. The summed E-state index contributed by atoms with van der Waals surface area (Å²) in [4.78, 5) is 17.7. The quantitative estimate of drug-likeness (QED) is 0.711. The molecular weight excluding hydrogens is 336 g/mol. The molecule has 1 aromatic carbocycles. The Morgan fingerprint density at radius 2 is 1.56 bits per heavy atom. The van der Waals surface area contributed by atoms with Crippen LogP contribution in [-0.2, 0) is 10.8 Å². The highest BCUT2D eigenvalue weighted by Crippen LogP contribution is 2.35. The number of carboxylic acids is 1. The van der Waals surface area contributed by atoms with Crippen LogP contribution in [-0.4, -0.2) is 22.6 Å². The molecular formula is C23H32N2O2. The SMILES string of the molecule is CCCN(c1cc(C(C)(C)C)cc(C(C)(C)C)c1)c1ccc(C(=O)O)cn1. The molecule has 0 saturated heterocycles. The molecule has 0 radical (unpaired) electrons. The smallest absolute Gasteiger partial charge is 0.337 e. The molecule has 0 saturated carbocycles. The first kappa shape index (κ1) is 20.9. The summed E-state index contributed by atoms with van der Waals surface area (Å²) >= 11 is 0. The molecule has 27 heavy (non-hydrogen) atoms. The molecule has 2 rings (SSSR count). The van der Waals surface area contributed by atoms with Gasteiger partial charge >= 0.3 is 5.97 Å². The molecule has 0 aliphatic carbocycles. The molecule has 4 heteroatoms. The van der Waals surface area contributed by atoms with Crippen molar-refractivity contribution in [3.05, 3.63) is 53.2 Å². The maximum atomic E-state index is 11.1. The average molecular weight is 369 g/mol. The van der Waals surface area contributed by atoms with Gasteiger partial charge in [-0.05, 0) is 52.6 Å². The van der Waals surface area contributed by atoms with E-state index in [1.807, 2.05) is 0 Å². The van der Waals surface area contributed by atoms with E-state index in [9.17, 15) is 4.79 Å². The van der Waals surface area contributed by atoms with E-state index >= 15 is 0 Å². The standard InChI is InChI=1S/C23H32N2O2/c1-8-11-25(20-10-9-16(15-24-20)21(26)27)19-13-17(22(2,3)4)12-18(14-19)23(5,6)7/h9-10,12-15H,8,11H2,1-7H3,(H,26,27). The maximum absolute atomic E-state index is 11.1. The highest BCUT2D eigenvalue weighted by atomic mass is 16.4. The Labute approximate surface area is 163 Å². The van der Waals surface area contributed by atoms with Crippen molar-refractivity contribution in [2.24, 2.45) is 0 Å². The van der Waals surface area contributed by atoms with Crippen LogP contribution in [0.2, 0.25) is 0 Å². The van der Waals surface area contributed by atoms with Crippen LogP contribution in [0.3, 0.4) is 0 Å². The lowest BCUT2D eigenvalue weighted by Gasteiger charge is -2.30. The van der Waals surface area contributed by atoms with E-state index in [-0.39, 0.29) is 16.4 Å². The fourth-order valence-corrected chi connectivity index (χ4v) is 2.90. The summed E-state index contributed by atoms with van der Waals surface area (Å²) in [6.07, 6.45) is 2.39. The van der Waals surface area contributed by atoms with Crippen molar-refractivity contribution in [2.45, 2.75) is 65.7 Å². The van der Waals surface area contributed by atoms with Crippen molar-refractivity contribution in [1.82, 2.24) is 4.98 Å². The Kier molecular flexibility index (Phi) is 5.98. The molecule has 4 nitrogen and oxygen atoms in total. The number of carboxylic acid groups (broad SMARTS) is 1. The number of hydrogen-bond donors (Lipinski definition) is 1. The molecule has 0 spiro atoms. The van der Waals surface area contributed by atoms with Crippen LogP contribution in [0.5, 0.6) is 0 Å². The summed E-state index contributed by atoms with van der Waals surface area (Å²) in [7, 11) is 0. The van der Waals surface area contributed by atoms with Gasteiger partial charge < -0.3 is 10.0 Å². The third-order valence-corrected chi connectivity index (χ3v) is 4.68. The summed E-state index contributed by atoms with van der Waals surface area (Å²) < 4.78 is 0. The molecule has 1 aromatic heterocycles. The lowest BCUT2D eigenvalue weighted by Crippen LogP contribution is -2.22. The molecule has 146 valence electrons. The van der Waals surface area contributed by atoms with Crippen LogP contribution >= 0.6 is 0 Å². The van der Waals surface area contributed by atoms with Gasteiger partial charge in [-0.3, -0.25) is 0 Å². The predicted molar refractivity (Wildman–Crippen MR) is 112 cm³/mol. The van der Waals surface area contributed by atoms with Gasteiger partial charge in [0.25, 0.3) is 0 Å². The summed E-state index contributed by atoms with van der Waals surface area (Å²) in [5.74, 6) is -0.186. The van der Waals surface area contributed by atoms with Gasteiger partial charge in [-0.1, -0.05) is 54.5 Å². The van der Waals surface area contributed by atoms with Gasteiger partial charge in [0.1, 0.15) is 5.82 Å². The molecule has 0 amide bonds. The summed E-state index contributed by atoms with van der Waals surface area (Å²) in [6, 6.07) is 10.2. The first-order valence-corrected chi connectivity index (χ1v) is 9.56. The Morgan fingerprint density at radius 3 is 1.93 bits per heavy atom. The topological polar surface area (TPSA) is 53.4 Å². The van der Waals surface area contributed by atoms with Crippen LogP contribution in [0.25, 0.3) is 0 Å². The number of nitrogens with zero attached hydrogens (tertiary/aromatic N) is 2. The molecule has 1 heterocycles. The molecule has 2 aromatic rings. The number of anilines is 2. The molecule has 0 fully saturated rings. The summed E-state index contributed by atoms with van der Waals surface area (Å²) in [5, 5.41) is 9.13. The average Bonchev–Trinajstić information content (AvgIpc) is 2.58. The molecule has 0 aliphatic heterocycles. The van der Waals surface area contributed by atoms with Crippen molar-refractivity contribution in [1.29, 1.82) is 0 Å². The van der Waals surface area contributed by atoms with Crippen LogP contribution in [0.4, 0.5) is 11.5 Å².